The molecule has 1 saturated carbocycles. The van der Waals surface area contributed by atoms with E-state index in [1.54, 1.807) is 7.11 Å². The molecule has 2 N–H and O–H groups in total. The summed E-state index contributed by atoms with van der Waals surface area (Å²) in [7, 11) is 7.65. The van der Waals surface area contributed by atoms with Gasteiger partial charge in [-0.15, -0.1) is 0 Å². The van der Waals surface area contributed by atoms with Gasteiger partial charge in [0.05, 0.1) is 5.52 Å². The lowest BCUT2D eigenvalue weighted by atomic mass is 9.67. The summed E-state index contributed by atoms with van der Waals surface area (Å²) in [4.78, 5) is 11.2. The van der Waals surface area contributed by atoms with Gasteiger partial charge in [0.2, 0.25) is 0 Å². The second kappa shape index (κ2) is 9.24. The Morgan fingerprint density at radius 1 is 1.25 bits per heavy atom. The van der Waals surface area contributed by atoms with Gasteiger partial charge in [0.25, 0.3) is 0 Å². The summed E-state index contributed by atoms with van der Waals surface area (Å²) in [5, 5.41) is 8.19. The summed E-state index contributed by atoms with van der Waals surface area (Å²) in [6.07, 6.45) is 4.95. The zero-order valence-electron chi connectivity index (χ0n) is 17.6. The van der Waals surface area contributed by atoms with E-state index >= 15 is 0 Å². The largest absolute Gasteiger partial charge is 0.385 e. The molecule has 1 aliphatic carbocycles. The lowest BCUT2D eigenvalue weighted by Gasteiger charge is -2.42. The number of aliphatic imine (C=N–C) groups is 1. The van der Waals surface area contributed by atoms with E-state index in [0.717, 1.165) is 36.9 Å². The number of para-hydroxylation sites is 1. The molecule has 2 aromatic rings. The van der Waals surface area contributed by atoms with Crippen molar-refractivity contribution in [1.29, 1.82) is 0 Å². The molecule has 1 aromatic heterocycles. The molecule has 0 spiro atoms. The molecule has 1 aliphatic rings. The third kappa shape index (κ3) is 4.73. The Balaban J connectivity index is 1.66. The Hall–Kier alpha value is -2.34. The first kappa shape index (κ1) is 20.4. The van der Waals surface area contributed by atoms with Crippen molar-refractivity contribution >= 4 is 22.7 Å². The first-order chi connectivity index (χ1) is 13.6. The molecule has 1 fully saturated rings. The first-order valence-corrected chi connectivity index (χ1v) is 10.1. The fraction of sp³-hybridized carbons (Fsp3) is 0.545. The Labute approximate surface area is 168 Å². The van der Waals surface area contributed by atoms with Crippen molar-refractivity contribution in [1.82, 2.24) is 15.6 Å². The van der Waals surface area contributed by atoms with E-state index in [1.807, 2.05) is 32.1 Å². The quantitative estimate of drug-likeness (QED) is 0.542. The van der Waals surface area contributed by atoms with Crippen molar-refractivity contribution in [3.63, 3.8) is 0 Å². The van der Waals surface area contributed by atoms with Crippen molar-refractivity contribution in [2.24, 2.45) is 10.4 Å². The Bertz CT molecular complexity index is 814. The number of ether oxygens (including phenoxy) is 1. The first-order valence-electron chi connectivity index (χ1n) is 10.1. The molecule has 1 aromatic carbocycles. The monoisotopic (exact) mass is 383 g/mol. The predicted molar refractivity (Wildman–Crippen MR) is 117 cm³/mol. The third-order valence-electron chi connectivity index (χ3n) is 5.80. The van der Waals surface area contributed by atoms with Crippen LogP contribution in [0.25, 0.3) is 10.9 Å². The zero-order valence-corrected chi connectivity index (χ0v) is 17.6. The number of benzene rings is 1. The zero-order chi connectivity index (χ0) is 20.0. The van der Waals surface area contributed by atoms with E-state index in [9.17, 15) is 0 Å². The lowest BCUT2D eigenvalue weighted by molar-refractivity contribution is 0.0732. The minimum absolute atomic E-state index is 0.356. The van der Waals surface area contributed by atoms with Gasteiger partial charge in [-0.1, -0.05) is 24.6 Å². The molecule has 0 saturated heterocycles. The highest BCUT2D eigenvalue weighted by Crippen LogP contribution is 2.43. The average Bonchev–Trinajstić information content (AvgIpc) is 2.68. The smallest absolute Gasteiger partial charge is 0.191 e. The van der Waals surface area contributed by atoms with Crippen LogP contribution in [0, 0.1) is 5.41 Å². The van der Waals surface area contributed by atoms with Crippen LogP contribution in [0.4, 0.5) is 5.82 Å². The third-order valence-corrected chi connectivity index (χ3v) is 5.80. The number of aromatic nitrogens is 1. The van der Waals surface area contributed by atoms with Gasteiger partial charge >= 0.3 is 0 Å². The summed E-state index contributed by atoms with van der Waals surface area (Å²) >= 11 is 0. The molecule has 152 valence electrons. The van der Waals surface area contributed by atoms with Gasteiger partial charge in [0.1, 0.15) is 5.82 Å². The molecule has 6 heteroatoms. The lowest BCUT2D eigenvalue weighted by Crippen LogP contribution is -2.46. The highest BCUT2D eigenvalue weighted by atomic mass is 16.5. The van der Waals surface area contributed by atoms with Gasteiger partial charge in [-0.3, -0.25) is 4.99 Å². The van der Waals surface area contributed by atoms with E-state index in [0.29, 0.717) is 12.0 Å². The van der Waals surface area contributed by atoms with E-state index < -0.39 is 0 Å². The van der Waals surface area contributed by atoms with Crippen molar-refractivity contribution in [2.45, 2.75) is 32.2 Å². The Kier molecular flexibility index (Phi) is 6.73. The van der Waals surface area contributed by atoms with Crippen LogP contribution < -0.4 is 15.5 Å². The second-order valence-corrected chi connectivity index (χ2v) is 7.93. The van der Waals surface area contributed by atoms with Crippen LogP contribution in [0.3, 0.4) is 0 Å². The van der Waals surface area contributed by atoms with E-state index in [1.165, 1.54) is 30.2 Å². The predicted octanol–water partition coefficient (Wildman–Crippen LogP) is 3.17. The summed E-state index contributed by atoms with van der Waals surface area (Å²) in [6, 6.07) is 10.4. The van der Waals surface area contributed by atoms with Gasteiger partial charge in [-0.05, 0) is 42.4 Å². The van der Waals surface area contributed by atoms with Crippen LogP contribution in [-0.4, -0.2) is 52.3 Å². The topological polar surface area (TPSA) is 61.8 Å². The van der Waals surface area contributed by atoms with Gasteiger partial charge in [-0.2, -0.15) is 0 Å². The number of guanidine groups is 1. The summed E-state index contributed by atoms with van der Waals surface area (Å²) in [6.45, 7) is 2.47. The maximum Gasteiger partial charge on any atom is 0.191 e. The molecule has 0 unspecified atom stereocenters. The summed E-state index contributed by atoms with van der Waals surface area (Å²) in [5.74, 6) is 1.81. The van der Waals surface area contributed by atoms with E-state index in [4.69, 9.17) is 9.72 Å². The minimum atomic E-state index is 0.356. The van der Waals surface area contributed by atoms with Crippen LogP contribution in [0.2, 0.25) is 0 Å². The number of hydrogen-bond acceptors (Lipinski definition) is 4. The Morgan fingerprint density at radius 2 is 2.04 bits per heavy atom. The molecular weight excluding hydrogens is 350 g/mol. The van der Waals surface area contributed by atoms with Crippen LogP contribution in [0.5, 0.6) is 0 Å². The molecule has 0 bridgehead atoms. The van der Waals surface area contributed by atoms with E-state index in [2.05, 4.69) is 39.9 Å². The number of nitrogens with zero attached hydrogens (tertiary/aromatic N) is 3. The number of methoxy groups -OCH3 is 1. The minimum Gasteiger partial charge on any atom is -0.385 e. The second-order valence-electron chi connectivity index (χ2n) is 7.93. The number of rotatable bonds is 8. The fourth-order valence-electron chi connectivity index (χ4n) is 3.79. The maximum atomic E-state index is 5.30. The normalized spacial score (nSPS) is 15.9. The molecule has 0 amide bonds. The van der Waals surface area contributed by atoms with Crippen LogP contribution >= 0.6 is 0 Å². The number of fused-ring (bicyclic) bond motifs is 1. The molecule has 3 rings (SSSR count). The van der Waals surface area contributed by atoms with Crippen LogP contribution in [0.1, 0.15) is 31.2 Å². The van der Waals surface area contributed by atoms with Crippen molar-refractivity contribution in [3.05, 3.63) is 35.9 Å². The van der Waals surface area contributed by atoms with Crippen LogP contribution in [0.15, 0.2) is 35.3 Å². The molecule has 28 heavy (non-hydrogen) atoms. The van der Waals surface area contributed by atoms with Gasteiger partial charge in [-0.25, -0.2) is 4.98 Å². The summed E-state index contributed by atoms with van der Waals surface area (Å²) < 4.78 is 5.30. The average molecular weight is 384 g/mol. The van der Waals surface area contributed by atoms with Crippen molar-refractivity contribution < 1.29 is 4.74 Å². The highest BCUT2D eigenvalue weighted by molar-refractivity contribution is 5.85. The van der Waals surface area contributed by atoms with Gasteiger partial charge in [0, 0.05) is 53.3 Å². The molecule has 0 aliphatic heterocycles. The number of anilines is 1. The SMILES string of the molecule is CN=C(NCc1cc(N(C)C)nc2ccccc12)NCC1(CCOC)CCC1. The molecule has 0 radical (unpaired) electrons. The van der Waals surface area contributed by atoms with Crippen molar-refractivity contribution in [3.8, 4) is 0 Å². The van der Waals surface area contributed by atoms with Crippen LogP contribution in [-0.2, 0) is 11.3 Å². The number of hydrogen-bond donors (Lipinski definition) is 2. The standard InChI is InChI=1S/C22H33N5O/c1-23-21(25-16-22(10-7-11-22)12-13-28-4)24-15-17-14-20(27(2)3)26-19-9-6-5-8-18(17)19/h5-6,8-9,14H,7,10-13,15-16H2,1-4H3,(H2,23,24,25). The molecule has 0 atom stereocenters. The van der Waals surface area contributed by atoms with E-state index in [-0.39, 0.29) is 0 Å². The van der Waals surface area contributed by atoms with Crippen molar-refractivity contribution in [2.75, 3.05) is 46.3 Å². The summed E-state index contributed by atoms with van der Waals surface area (Å²) in [5.41, 5.74) is 2.59. The fourth-order valence-corrected chi connectivity index (χ4v) is 3.79. The molecule has 6 nitrogen and oxygen atoms in total. The highest BCUT2D eigenvalue weighted by Gasteiger charge is 2.36. The number of nitrogens with one attached hydrogen (secondary N) is 2. The van der Waals surface area contributed by atoms with Gasteiger partial charge in [0.15, 0.2) is 5.96 Å². The molecule has 1 heterocycles. The Morgan fingerprint density at radius 3 is 2.68 bits per heavy atom. The molecular formula is C22H33N5O. The number of pyridine rings is 1. The van der Waals surface area contributed by atoms with Gasteiger partial charge < -0.3 is 20.3 Å². The maximum absolute atomic E-state index is 5.30.